The van der Waals surface area contributed by atoms with Gasteiger partial charge in [-0.3, -0.25) is 4.79 Å². The summed E-state index contributed by atoms with van der Waals surface area (Å²) in [7, 11) is 0. The summed E-state index contributed by atoms with van der Waals surface area (Å²) in [6.07, 6.45) is 1.69. The van der Waals surface area contributed by atoms with Gasteiger partial charge in [-0.15, -0.1) is 6.58 Å². The number of amides is 1. The summed E-state index contributed by atoms with van der Waals surface area (Å²) in [5.74, 6) is 0.0559. The van der Waals surface area contributed by atoms with Gasteiger partial charge in [-0.05, 0) is 24.3 Å². The topological polar surface area (TPSA) is 61.4 Å². The van der Waals surface area contributed by atoms with Crippen LogP contribution in [-0.2, 0) is 4.79 Å². The van der Waals surface area contributed by atoms with E-state index in [2.05, 4.69) is 17.2 Å². The zero-order valence-electron chi connectivity index (χ0n) is 8.36. The first-order chi connectivity index (χ1) is 7.22. The molecule has 0 saturated carbocycles. The summed E-state index contributed by atoms with van der Waals surface area (Å²) in [5.41, 5.74) is 0.665. The van der Waals surface area contributed by atoms with Gasteiger partial charge < -0.3 is 15.7 Å². The van der Waals surface area contributed by atoms with Gasteiger partial charge in [-0.25, -0.2) is 0 Å². The third-order valence-corrected chi connectivity index (χ3v) is 1.73. The van der Waals surface area contributed by atoms with Crippen LogP contribution in [0, 0.1) is 0 Å². The van der Waals surface area contributed by atoms with Crippen molar-refractivity contribution in [3.63, 3.8) is 0 Å². The Morgan fingerprint density at radius 3 is 2.67 bits per heavy atom. The van der Waals surface area contributed by atoms with E-state index in [1.807, 2.05) is 0 Å². The Kier molecular flexibility index (Phi) is 4.37. The second-order valence-corrected chi connectivity index (χ2v) is 3.01. The van der Waals surface area contributed by atoms with Crippen molar-refractivity contribution in [3.05, 3.63) is 36.9 Å². The Morgan fingerprint density at radius 2 is 2.07 bits per heavy atom. The van der Waals surface area contributed by atoms with E-state index in [-0.39, 0.29) is 18.2 Å². The summed E-state index contributed by atoms with van der Waals surface area (Å²) in [4.78, 5) is 11.3. The molecule has 0 unspecified atom stereocenters. The minimum atomic E-state index is -0.123. The van der Waals surface area contributed by atoms with E-state index in [4.69, 9.17) is 5.11 Å². The van der Waals surface area contributed by atoms with E-state index < -0.39 is 0 Å². The molecule has 0 aliphatic heterocycles. The van der Waals surface area contributed by atoms with Crippen molar-refractivity contribution in [1.29, 1.82) is 0 Å². The van der Waals surface area contributed by atoms with Crippen molar-refractivity contribution in [2.45, 2.75) is 0 Å². The van der Waals surface area contributed by atoms with Gasteiger partial charge in [0.05, 0.1) is 6.54 Å². The molecule has 1 aromatic rings. The lowest BCUT2D eigenvalue weighted by atomic mass is 10.3. The molecular formula is C11H14N2O2. The van der Waals surface area contributed by atoms with Gasteiger partial charge in [-0.1, -0.05) is 6.08 Å². The van der Waals surface area contributed by atoms with Crippen LogP contribution in [0.15, 0.2) is 36.9 Å². The van der Waals surface area contributed by atoms with Crippen LogP contribution in [-0.4, -0.2) is 24.1 Å². The Bertz CT molecular complexity index is 333. The minimum absolute atomic E-state index is 0.123. The maximum Gasteiger partial charge on any atom is 0.238 e. The van der Waals surface area contributed by atoms with Crippen molar-refractivity contribution < 1.29 is 9.90 Å². The Labute approximate surface area is 88.6 Å². The first-order valence-corrected chi connectivity index (χ1v) is 4.63. The second-order valence-electron chi connectivity index (χ2n) is 3.01. The predicted octanol–water partition coefficient (Wildman–Crippen LogP) is 1.11. The lowest BCUT2D eigenvalue weighted by Gasteiger charge is -2.05. The third kappa shape index (κ3) is 4.28. The number of hydrogen-bond acceptors (Lipinski definition) is 3. The molecule has 0 spiro atoms. The van der Waals surface area contributed by atoms with Crippen molar-refractivity contribution in [1.82, 2.24) is 5.32 Å². The molecule has 3 N–H and O–H groups in total. The average molecular weight is 206 g/mol. The lowest BCUT2D eigenvalue weighted by molar-refractivity contribution is -0.115. The molecule has 0 aliphatic rings. The minimum Gasteiger partial charge on any atom is -0.508 e. The number of nitrogens with one attached hydrogen (secondary N) is 2. The number of anilines is 1. The van der Waals surface area contributed by atoms with Gasteiger partial charge >= 0.3 is 0 Å². The number of benzene rings is 1. The largest absolute Gasteiger partial charge is 0.508 e. The average Bonchev–Trinajstić information content (AvgIpc) is 2.22. The molecule has 1 rings (SSSR count). The van der Waals surface area contributed by atoms with Gasteiger partial charge in [0.2, 0.25) is 5.91 Å². The number of hydrogen-bond donors (Lipinski definition) is 3. The van der Waals surface area contributed by atoms with Crippen LogP contribution in [0.3, 0.4) is 0 Å². The quantitative estimate of drug-likeness (QED) is 0.384. The molecule has 15 heavy (non-hydrogen) atoms. The lowest BCUT2D eigenvalue weighted by Crippen LogP contribution is -2.27. The highest BCUT2D eigenvalue weighted by Crippen LogP contribution is 2.13. The van der Waals surface area contributed by atoms with Gasteiger partial charge in [0, 0.05) is 12.2 Å². The summed E-state index contributed by atoms with van der Waals surface area (Å²) < 4.78 is 0. The van der Waals surface area contributed by atoms with Gasteiger partial charge in [-0.2, -0.15) is 0 Å². The Hall–Kier alpha value is -1.81. The number of carbonyl (C=O) groups is 1. The number of rotatable bonds is 5. The molecule has 4 heteroatoms. The molecule has 0 bridgehead atoms. The Morgan fingerprint density at radius 1 is 1.40 bits per heavy atom. The second kappa shape index (κ2) is 5.82. The zero-order chi connectivity index (χ0) is 11.1. The van der Waals surface area contributed by atoms with E-state index in [1.54, 1.807) is 18.2 Å². The summed E-state index contributed by atoms with van der Waals surface area (Å²) >= 11 is 0. The molecule has 0 radical (unpaired) electrons. The van der Waals surface area contributed by atoms with Crippen LogP contribution >= 0.6 is 0 Å². The normalized spacial score (nSPS) is 9.60. The fourth-order valence-corrected chi connectivity index (χ4v) is 1.04. The highest BCUT2D eigenvalue weighted by molar-refractivity contribution is 5.92. The van der Waals surface area contributed by atoms with Crippen LogP contribution in [0.1, 0.15) is 0 Å². The zero-order valence-corrected chi connectivity index (χ0v) is 8.36. The SMILES string of the molecule is C=CCNCC(=O)Nc1ccc(O)cc1. The van der Waals surface area contributed by atoms with Gasteiger partial charge in [0.1, 0.15) is 5.75 Å². The molecule has 80 valence electrons. The molecule has 1 aromatic carbocycles. The van der Waals surface area contributed by atoms with E-state index in [1.165, 1.54) is 12.1 Å². The van der Waals surface area contributed by atoms with E-state index in [0.717, 1.165) is 0 Å². The summed E-state index contributed by atoms with van der Waals surface area (Å²) in [5, 5.41) is 14.6. The summed E-state index contributed by atoms with van der Waals surface area (Å²) in [6.45, 7) is 4.37. The molecule has 0 aromatic heterocycles. The first kappa shape index (κ1) is 11.3. The van der Waals surface area contributed by atoms with Crippen molar-refractivity contribution in [2.24, 2.45) is 0 Å². The molecule has 0 saturated heterocycles. The van der Waals surface area contributed by atoms with Crippen molar-refractivity contribution in [2.75, 3.05) is 18.4 Å². The van der Waals surface area contributed by atoms with Crippen molar-refractivity contribution >= 4 is 11.6 Å². The fourth-order valence-electron chi connectivity index (χ4n) is 1.04. The van der Waals surface area contributed by atoms with E-state index in [9.17, 15) is 4.79 Å². The molecule has 0 aliphatic carbocycles. The molecular weight excluding hydrogens is 192 g/mol. The fraction of sp³-hybridized carbons (Fsp3) is 0.182. The standard InChI is InChI=1S/C11H14N2O2/c1-2-7-12-8-11(15)13-9-3-5-10(14)6-4-9/h2-6,12,14H,1,7-8H2,(H,13,15). The van der Waals surface area contributed by atoms with Gasteiger partial charge in [0.15, 0.2) is 0 Å². The molecule has 4 nitrogen and oxygen atoms in total. The smallest absolute Gasteiger partial charge is 0.238 e. The molecule has 0 heterocycles. The highest BCUT2D eigenvalue weighted by Gasteiger charge is 2.00. The van der Waals surface area contributed by atoms with Crippen LogP contribution in [0.4, 0.5) is 5.69 Å². The third-order valence-electron chi connectivity index (χ3n) is 1.73. The number of carbonyl (C=O) groups excluding carboxylic acids is 1. The van der Waals surface area contributed by atoms with E-state index in [0.29, 0.717) is 12.2 Å². The molecule has 0 atom stereocenters. The van der Waals surface area contributed by atoms with E-state index >= 15 is 0 Å². The maximum atomic E-state index is 11.3. The highest BCUT2D eigenvalue weighted by atomic mass is 16.3. The number of aromatic hydroxyl groups is 1. The van der Waals surface area contributed by atoms with Crippen LogP contribution in [0.5, 0.6) is 5.75 Å². The first-order valence-electron chi connectivity index (χ1n) is 4.63. The summed E-state index contributed by atoms with van der Waals surface area (Å²) in [6, 6.07) is 6.32. The number of phenols is 1. The predicted molar refractivity (Wildman–Crippen MR) is 59.8 cm³/mol. The molecule has 1 amide bonds. The molecule has 0 fully saturated rings. The van der Waals surface area contributed by atoms with Crippen molar-refractivity contribution in [3.8, 4) is 5.75 Å². The van der Waals surface area contributed by atoms with Crippen LogP contribution < -0.4 is 10.6 Å². The Balaban J connectivity index is 2.37. The maximum absolute atomic E-state index is 11.3. The number of phenolic OH excluding ortho intramolecular Hbond substituents is 1. The van der Waals surface area contributed by atoms with Crippen LogP contribution in [0.2, 0.25) is 0 Å². The van der Waals surface area contributed by atoms with Gasteiger partial charge in [0.25, 0.3) is 0 Å². The van der Waals surface area contributed by atoms with Crippen LogP contribution in [0.25, 0.3) is 0 Å². The monoisotopic (exact) mass is 206 g/mol.